The molecular formula is C18H24N2. The zero-order valence-electron chi connectivity index (χ0n) is 12.5. The summed E-state index contributed by atoms with van der Waals surface area (Å²) in [5, 5.41) is 0. The maximum atomic E-state index is 2.60. The second-order valence-corrected chi connectivity index (χ2v) is 5.91. The maximum Gasteiger partial charge on any atom is 0.0473 e. The van der Waals surface area contributed by atoms with Gasteiger partial charge in [-0.1, -0.05) is 36.8 Å². The van der Waals surface area contributed by atoms with E-state index in [1.54, 1.807) is 0 Å². The molecule has 1 aromatic carbocycles. The van der Waals surface area contributed by atoms with E-state index in [-0.39, 0.29) is 0 Å². The van der Waals surface area contributed by atoms with Gasteiger partial charge < -0.3 is 4.57 Å². The average molecular weight is 268 g/mol. The summed E-state index contributed by atoms with van der Waals surface area (Å²) < 4.78 is 2.38. The minimum Gasteiger partial charge on any atom is -0.346 e. The summed E-state index contributed by atoms with van der Waals surface area (Å²) in [5.74, 6) is 0. The Kier molecular flexibility index (Phi) is 3.93. The van der Waals surface area contributed by atoms with Gasteiger partial charge in [0.1, 0.15) is 0 Å². The Labute approximate surface area is 122 Å². The van der Waals surface area contributed by atoms with Gasteiger partial charge in [-0.25, -0.2) is 0 Å². The largest absolute Gasteiger partial charge is 0.346 e. The van der Waals surface area contributed by atoms with Crippen LogP contribution < -0.4 is 0 Å². The van der Waals surface area contributed by atoms with Crippen molar-refractivity contribution in [3.8, 4) is 0 Å². The second kappa shape index (κ2) is 5.84. The van der Waals surface area contributed by atoms with E-state index in [0.717, 1.165) is 25.7 Å². The van der Waals surface area contributed by atoms with Gasteiger partial charge >= 0.3 is 0 Å². The lowest BCUT2D eigenvalue weighted by Crippen LogP contribution is -2.26. The van der Waals surface area contributed by atoms with Gasteiger partial charge in [0.05, 0.1) is 0 Å². The monoisotopic (exact) mass is 268 g/mol. The molecule has 0 amide bonds. The Hall–Kier alpha value is -1.54. The van der Waals surface area contributed by atoms with E-state index in [2.05, 4.69) is 65.9 Å². The predicted octanol–water partition coefficient (Wildman–Crippen LogP) is 3.83. The standard InChI is InChI=1S/C18H24N2/c1-3-19(17-10-11-17)14-18-5-4-12-20(18)13-16-8-6-15(2)7-9-16/h4-9,12,17H,3,10-11,13-14H2,1-2H3. The Morgan fingerprint density at radius 2 is 1.90 bits per heavy atom. The van der Waals surface area contributed by atoms with Crippen molar-refractivity contribution < 1.29 is 0 Å². The molecule has 20 heavy (non-hydrogen) atoms. The molecule has 1 fully saturated rings. The molecule has 1 saturated carbocycles. The van der Waals surface area contributed by atoms with Gasteiger partial charge in [0, 0.05) is 31.0 Å². The third kappa shape index (κ3) is 3.13. The fraction of sp³-hybridized carbons (Fsp3) is 0.444. The molecule has 1 aromatic heterocycles. The number of nitrogens with zero attached hydrogens (tertiary/aromatic N) is 2. The van der Waals surface area contributed by atoms with Crippen LogP contribution in [0.4, 0.5) is 0 Å². The molecule has 1 aliphatic rings. The van der Waals surface area contributed by atoms with Crippen molar-refractivity contribution in [1.29, 1.82) is 0 Å². The van der Waals surface area contributed by atoms with Gasteiger partial charge in [0.15, 0.2) is 0 Å². The fourth-order valence-electron chi connectivity index (χ4n) is 2.78. The second-order valence-electron chi connectivity index (χ2n) is 5.91. The molecule has 0 radical (unpaired) electrons. The van der Waals surface area contributed by atoms with Gasteiger partial charge in [-0.15, -0.1) is 0 Å². The van der Waals surface area contributed by atoms with Crippen LogP contribution in [-0.2, 0) is 13.1 Å². The van der Waals surface area contributed by atoms with Gasteiger partial charge in [-0.3, -0.25) is 4.90 Å². The number of aromatic nitrogens is 1. The third-order valence-electron chi connectivity index (χ3n) is 4.23. The first-order chi connectivity index (χ1) is 9.76. The van der Waals surface area contributed by atoms with Gasteiger partial charge in [-0.05, 0) is 44.0 Å². The van der Waals surface area contributed by atoms with Crippen LogP contribution in [0.25, 0.3) is 0 Å². The average Bonchev–Trinajstić information content (AvgIpc) is 3.21. The Morgan fingerprint density at radius 1 is 1.15 bits per heavy atom. The van der Waals surface area contributed by atoms with Crippen LogP contribution in [0.15, 0.2) is 42.6 Å². The number of benzene rings is 1. The van der Waals surface area contributed by atoms with E-state index < -0.39 is 0 Å². The number of rotatable bonds is 6. The third-order valence-corrected chi connectivity index (χ3v) is 4.23. The summed E-state index contributed by atoms with van der Waals surface area (Å²) >= 11 is 0. The first-order valence-electron chi connectivity index (χ1n) is 7.70. The van der Waals surface area contributed by atoms with E-state index in [1.165, 1.54) is 29.7 Å². The zero-order valence-corrected chi connectivity index (χ0v) is 12.5. The molecule has 0 N–H and O–H groups in total. The van der Waals surface area contributed by atoms with Crippen LogP contribution in [0.3, 0.4) is 0 Å². The van der Waals surface area contributed by atoms with Gasteiger partial charge in [0.2, 0.25) is 0 Å². The van der Waals surface area contributed by atoms with Crippen LogP contribution in [0.2, 0.25) is 0 Å². The summed E-state index contributed by atoms with van der Waals surface area (Å²) in [6.45, 7) is 7.62. The SMILES string of the molecule is CCN(Cc1cccn1Cc1ccc(C)cc1)C1CC1. The minimum absolute atomic E-state index is 0.836. The molecular weight excluding hydrogens is 244 g/mol. The van der Waals surface area contributed by atoms with Crippen LogP contribution >= 0.6 is 0 Å². The van der Waals surface area contributed by atoms with Gasteiger partial charge in [-0.2, -0.15) is 0 Å². The normalized spacial score (nSPS) is 14.9. The molecule has 0 aliphatic heterocycles. The Balaban J connectivity index is 1.71. The fourth-order valence-corrected chi connectivity index (χ4v) is 2.78. The van der Waals surface area contributed by atoms with E-state index in [1.807, 2.05) is 0 Å². The molecule has 1 heterocycles. The summed E-state index contributed by atoms with van der Waals surface area (Å²) in [6.07, 6.45) is 4.97. The van der Waals surface area contributed by atoms with Crippen molar-refractivity contribution in [3.05, 3.63) is 59.4 Å². The molecule has 0 spiro atoms. The van der Waals surface area contributed by atoms with E-state index in [9.17, 15) is 0 Å². The molecule has 0 saturated heterocycles. The first-order valence-corrected chi connectivity index (χ1v) is 7.70. The zero-order chi connectivity index (χ0) is 13.9. The Morgan fingerprint density at radius 3 is 2.55 bits per heavy atom. The highest BCUT2D eigenvalue weighted by Gasteiger charge is 2.28. The summed E-state index contributed by atoms with van der Waals surface area (Å²) in [4.78, 5) is 2.60. The number of aryl methyl sites for hydroxylation is 1. The first kappa shape index (κ1) is 13.4. The quantitative estimate of drug-likeness (QED) is 0.773. The lowest BCUT2D eigenvalue weighted by atomic mass is 10.1. The lowest BCUT2D eigenvalue weighted by molar-refractivity contribution is 0.262. The molecule has 2 aromatic rings. The molecule has 2 heteroatoms. The topological polar surface area (TPSA) is 8.17 Å². The predicted molar refractivity (Wildman–Crippen MR) is 83.8 cm³/mol. The molecule has 2 nitrogen and oxygen atoms in total. The highest BCUT2D eigenvalue weighted by atomic mass is 15.2. The smallest absolute Gasteiger partial charge is 0.0473 e. The van der Waals surface area contributed by atoms with Crippen LogP contribution in [0.1, 0.15) is 36.6 Å². The van der Waals surface area contributed by atoms with Crippen LogP contribution in [-0.4, -0.2) is 22.1 Å². The molecule has 0 unspecified atom stereocenters. The van der Waals surface area contributed by atoms with Crippen molar-refractivity contribution >= 4 is 0 Å². The lowest BCUT2D eigenvalue weighted by Gasteiger charge is -2.21. The maximum absolute atomic E-state index is 2.60. The van der Waals surface area contributed by atoms with E-state index in [4.69, 9.17) is 0 Å². The number of hydrogen-bond acceptors (Lipinski definition) is 1. The molecule has 1 aliphatic carbocycles. The van der Waals surface area contributed by atoms with Crippen LogP contribution in [0, 0.1) is 6.92 Å². The van der Waals surface area contributed by atoms with E-state index in [0.29, 0.717) is 0 Å². The summed E-state index contributed by atoms with van der Waals surface area (Å²) in [6, 6.07) is 14.1. The molecule has 3 rings (SSSR count). The summed E-state index contributed by atoms with van der Waals surface area (Å²) in [5.41, 5.74) is 4.13. The molecule has 106 valence electrons. The van der Waals surface area contributed by atoms with Crippen molar-refractivity contribution in [2.45, 2.75) is 45.8 Å². The Bertz CT molecular complexity index is 549. The summed E-state index contributed by atoms with van der Waals surface area (Å²) in [7, 11) is 0. The minimum atomic E-state index is 0.836. The van der Waals surface area contributed by atoms with Crippen molar-refractivity contribution in [2.24, 2.45) is 0 Å². The van der Waals surface area contributed by atoms with E-state index >= 15 is 0 Å². The van der Waals surface area contributed by atoms with Crippen molar-refractivity contribution in [2.75, 3.05) is 6.54 Å². The highest BCUT2D eigenvalue weighted by Crippen LogP contribution is 2.28. The van der Waals surface area contributed by atoms with Gasteiger partial charge in [0.25, 0.3) is 0 Å². The number of hydrogen-bond donors (Lipinski definition) is 0. The molecule has 0 atom stereocenters. The van der Waals surface area contributed by atoms with Crippen molar-refractivity contribution in [1.82, 2.24) is 9.47 Å². The highest BCUT2D eigenvalue weighted by molar-refractivity contribution is 5.22. The van der Waals surface area contributed by atoms with Crippen LogP contribution in [0.5, 0.6) is 0 Å². The van der Waals surface area contributed by atoms with Crippen molar-refractivity contribution in [3.63, 3.8) is 0 Å². The molecule has 0 bridgehead atoms.